The topological polar surface area (TPSA) is 70.3 Å². The van der Waals surface area contributed by atoms with E-state index in [-0.39, 0.29) is 11.8 Å². The van der Waals surface area contributed by atoms with Crippen LogP contribution in [0.25, 0.3) is 0 Å². The average molecular weight is 314 g/mol. The Labute approximate surface area is 111 Å². The molecular weight excluding hydrogens is 305 g/mol. The lowest BCUT2D eigenvalue weighted by atomic mass is 10.3. The lowest BCUT2D eigenvalue weighted by Gasteiger charge is -2.08. The molecule has 1 aromatic heterocycles. The fourth-order valence-corrected chi connectivity index (χ4v) is 1.67. The summed E-state index contributed by atoms with van der Waals surface area (Å²) in [6.45, 7) is 0. The van der Waals surface area contributed by atoms with Crippen LogP contribution in [0.3, 0.4) is 0 Å². The molecule has 2 rings (SSSR count). The molecule has 0 fully saturated rings. The largest absolute Gasteiger partial charge is 0.497 e. The molecule has 0 bridgehead atoms. The number of rotatable bonds is 3. The van der Waals surface area contributed by atoms with Gasteiger partial charge in [-0.25, -0.2) is 4.98 Å². The zero-order valence-electron chi connectivity index (χ0n) is 9.35. The van der Waals surface area contributed by atoms with E-state index in [1.54, 1.807) is 25.3 Å². The molecule has 0 radical (unpaired) electrons. The van der Waals surface area contributed by atoms with Gasteiger partial charge in [-0.1, -0.05) is 0 Å². The Morgan fingerprint density at radius 1 is 1.39 bits per heavy atom. The van der Waals surface area contributed by atoms with Crippen molar-refractivity contribution < 1.29 is 13.9 Å². The van der Waals surface area contributed by atoms with Gasteiger partial charge in [-0.3, -0.25) is 0 Å². The van der Waals surface area contributed by atoms with Crippen LogP contribution in [-0.4, -0.2) is 17.1 Å². The van der Waals surface area contributed by atoms with E-state index < -0.39 is 5.82 Å². The first-order valence-corrected chi connectivity index (χ1v) is 5.69. The molecule has 0 atom stereocenters. The predicted molar refractivity (Wildman–Crippen MR) is 67.2 cm³/mol. The molecule has 0 aliphatic heterocycles. The Kier molecular flexibility index (Phi) is 3.61. The van der Waals surface area contributed by atoms with Gasteiger partial charge < -0.3 is 15.2 Å². The van der Waals surface area contributed by atoms with E-state index in [9.17, 15) is 4.39 Å². The maximum Gasteiger partial charge on any atom is 0.260 e. The summed E-state index contributed by atoms with van der Waals surface area (Å²) < 4.78 is 24.3. The molecule has 7 heteroatoms. The van der Waals surface area contributed by atoms with Gasteiger partial charge in [0.15, 0.2) is 0 Å². The molecule has 18 heavy (non-hydrogen) atoms. The maximum absolute atomic E-state index is 13.4. The van der Waals surface area contributed by atoms with Crippen LogP contribution in [0.4, 0.5) is 10.3 Å². The van der Waals surface area contributed by atoms with Crippen LogP contribution >= 0.6 is 15.9 Å². The van der Waals surface area contributed by atoms with Crippen molar-refractivity contribution in [3.63, 3.8) is 0 Å². The first kappa shape index (κ1) is 12.6. The summed E-state index contributed by atoms with van der Waals surface area (Å²) in [5.41, 5.74) is 5.36. The summed E-state index contributed by atoms with van der Waals surface area (Å²) in [7, 11) is 1.55. The second kappa shape index (κ2) is 5.18. The van der Waals surface area contributed by atoms with E-state index in [0.717, 1.165) is 6.20 Å². The number of methoxy groups -OCH3 is 1. The Bertz CT molecular complexity index is 580. The maximum atomic E-state index is 13.4. The summed E-state index contributed by atoms with van der Waals surface area (Å²) in [5, 5.41) is 0. The molecule has 0 spiro atoms. The van der Waals surface area contributed by atoms with Crippen LogP contribution in [0.1, 0.15) is 0 Å². The lowest BCUT2D eigenvalue weighted by Crippen LogP contribution is -1.99. The number of halogens is 2. The van der Waals surface area contributed by atoms with Crippen molar-refractivity contribution >= 4 is 21.9 Å². The molecule has 2 N–H and O–H groups in total. The molecule has 5 nitrogen and oxygen atoms in total. The van der Waals surface area contributed by atoms with Crippen molar-refractivity contribution in [1.29, 1.82) is 0 Å². The van der Waals surface area contributed by atoms with Gasteiger partial charge >= 0.3 is 0 Å². The van der Waals surface area contributed by atoms with Crippen molar-refractivity contribution in [2.45, 2.75) is 0 Å². The quantitative estimate of drug-likeness (QED) is 0.943. The Morgan fingerprint density at radius 2 is 2.17 bits per heavy atom. The molecule has 94 valence electrons. The highest BCUT2D eigenvalue weighted by Gasteiger charge is 2.11. The van der Waals surface area contributed by atoms with Crippen LogP contribution < -0.4 is 15.2 Å². The fourth-order valence-electron chi connectivity index (χ4n) is 1.23. The molecule has 0 unspecified atom stereocenters. The SMILES string of the molecule is COc1ccc(Oc2nc(N)ncc2F)c(Br)c1. The number of anilines is 1. The van der Waals surface area contributed by atoms with Crippen LogP contribution in [0, 0.1) is 5.82 Å². The van der Waals surface area contributed by atoms with E-state index in [2.05, 4.69) is 25.9 Å². The number of nitrogens with zero attached hydrogens (tertiary/aromatic N) is 2. The number of nitrogen functional groups attached to an aromatic ring is 1. The molecule has 0 saturated heterocycles. The smallest absolute Gasteiger partial charge is 0.260 e. The summed E-state index contributed by atoms with van der Waals surface area (Å²) in [6.07, 6.45) is 0.953. The number of hydrogen-bond acceptors (Lipinski definition) is 5. The normalized spacial score (nSPS) is 10.2. The van der Waals surface area contributed by atoms with Gasteiger partial charge in [0.1, 0.15) is 11.5 Å². The average Bonchev–Trinajstić information content (AvgIpc) is 2.36. The monoisotopic (exact) mass is 313 g/mol. The molecule has 0 aliphatic rings. The van der Waals surface area contributed by atoms with Gasteiger partial charge in [-0.2, -0.15) is 9.37 Å². The van der Waals surface area contributed by atoms with Gasteiger partial charge in [0.25, 0.3) is 5.88 Å². The van der Waals surface area contributed by atoms with Gasteiger partial charge in [0, 0.05) is 0 Å². The highest BCUT2D eigenvalue weighted by atomic mass is 79.9. The third-order valence-electron chi connectivity index (χ3n) is 2.08. The van der Waals surface area contributed by atoms with Crippen LogP contribution in [0.2, 0.25) is 0 Å². The van der Waals surface area contributed by atoms with Crippen LogP contribution in [0.15, 0.2) is 28.9 Å². The van der Waals surface area contributed by atoms with E-state index in [1.807, 2.05) is 0 Å². The lowest BCUT2D eigenvalue weighted by molar-refractivity contribution is 0.405. The predicted octanol–water partition coefficient (Wildman–Crippen LogP) is 2.76. The molecule has 1 heterocycles. The minimum Gasteiger partial charge on any atom is -0.497 e. The first-order valence-electron chi connectivity index (χ1n) is 4.89. The highest BCUT2D eigenvalue weighted by molar-refractivity contribution is 9.10. The second-order valence-corrected chi connectivity index (χ2v) is 4.13. The molecule has 0 aliphatic carbocycles. The molecule has 0 saturated carbocycles. The summed E-state index contributed by atoms with van der Waals surface area (Å²) in [5.74, 6) is 0.0704. The second-order valence-electron chi connectivity index (χ2n) is 3.28. The third kappa shape index (κ3) is 2.67. The summed E-state index contributed by atoms with van der Waals surface area (Å²) >= 11 is 3.29. The van der Waals surface area contributed by atoms with Gasteiger partial charge in [-0.05, 0) is 34.1 Å². The van der Waals surface area contributed by atoms with Crippen LogP contribution in [-0.2, 0) is 0 Å². The van der Waals surface area contributed by atoms with Crippen molar-refractivity contribution in [3.8, 4) is 17.4 Å². The van der Waals surface area contributed by atoms with Crippen molar-refractivity contribution in [2.75, 3.05) is 12.8 Å². The van der Waals surface area contributed by atoms with Gasteiger partial charge in [0.2, 0.25) is 11.8 Å². The molecular formula is C11H9BrFN3O2. The highest BCUT2D eigenvalue weighted by Crippen LogP contribution is 2.32. The van der Waals surface area contributed by atoms with E-state index in [4.69, 9.17) is 15.2 Å². The zero-order valence-corrected chi connectivity index (χ0v) is 10.9. The minimum atomic E-state index is -0.688. The first-order chi connectivity index (χ1) is 8.60. The molecule has 0 amide bonds. The standard InChI is InChI=1S/C11H9BrFN3O2/c1-17-6-2-3-9(7(12)4-6)18-10-8(13)5-15-11(14)16-10/h2-5H,1H3,(H2,14,15,16). The van der Waals surface area contributed by atoms with Crippen LogP contribution in [0.5, 0.6) is 17.4 Å². The van der Waals surface area contributed by atoms with Crippen molar-refractivity contribution in [3.05, 3.63) is 34.7 Å². The Balaban J connectivity index is 2.31. The Morgan fingerprint density at radius 3 is 2.83 bits per heavy atom. The van der Waals surface area contributed by atoms with Gasteiger partial charge in [-0.15, -0.1) is 0 Å². The number of benzene rings is 1. The molecule has 1 aromatic carbocycles. The van der Waals surface area contributed by atoms with E-state index in [0.29, 0.717) is 16.0 Å². The minimum absolute atomic E-state index is 0.0592. The number of aromatic nitrogens is 2. The molecule has 2 aromatic rings. The zero-order chi connectivity index (χ0) is 13.1. The van der Waals surface area contributed by atoms with E-state index in [1.165, 1.54) is 0 Å². The number of ether oxygens (including phenoxy) is 2. The number of hydrogen-bond donors (Lipinski definition) is 1. The van der Waals surface area contributed by atoms with Crippen molar-refractivity contribution in [1.82, 2.24) is 9.97 Å². The van der Waals surface area contributed by atoms with Crippen molar-refractivity contribution in [2.24, 2.45) is 0 Å². The summed E-state index contributed by atoms with van der Waals surface area (Å²) in [6, 6.07) is 5.00. The van der Waals surface area contributed by atoms with E-state index >= 15 is 0 Å². The Hall–Kier alpha value is -1.89. The third-order valence-corrected chi connectivity index (χ3v) is 2.70. The fraction of sp³-hybridized carbons (Fsp3) is 0.0909. The number of nitrogens with two attached hydrogens (primary N) is 1. The van der Waals surface area contributed by atoms with Gasteiger partial charge in [0.05, 0.1) is 17.8 Å². The summed E-state index contributed by atoms with van der Waals surface area (Å²) in [4.78, 5) is 7.18.